The zero-order valence-corrected chi connectivity index (χ0v) is 31.1. The lowest BCUT2D eigenvalue weighted by atomic mass is 9.89. The van der Waals surface area contributed by atoms with Gasteiger partial charge in [-0.05, 0) is 78.1 Å². The second-order valence-corrected chi connectivity index (χ2v) is 15.7. The lowest BCUT2D eigenvalue weighted by molar-refractivity contribution is -0.128. The molecular formula is C35H67N3O8. The average Bonchev–Trinajstić information content (AvgIpc) is 2.86. The van der Waals surface area contributed by atoms with E-state index in [2.05, 4.69) is 5.32 Å². The minimum Gasteiger partial charge on any atom is -0.444 e. The van der Waals surface area contributed by atoms with Crippen LogP contribution < -0.4 is 11.1 Å². The van der Waals surface area contributed by atoms with E-state index >= 15 is 0 Å². The Morgan fingerprint density at radius 2 is 1.22 bits per heavy atom. The third-order valence-corrected chi connectivity index (χ3v) is 7.43. The molecule has 0 heterocycles. The second-order valence-electron chi connectivity index (χ2n) is 15.7. The predicted molar refractivity (Wildman–Crippen MR) is 181 cm³/mol. The first-order chi connectivity index (χ1) is 21.0. The maximum Gasteiger partial charge on any atom is 0.410 e. The van der Waals surface area contributed by atoms with E-state index in [1.165, 1.54) is 0 Å². The molecule has 0 radical (unpaired) electrons. The number of rotatable bonds is 24. The third kappa shape index (κ3) is 22.3. The van der Waals surface area contributed by atoms with Gasteiger partial charge in [-0.1, -0.05) is 41.5 Å². The normalized spacial score (nSPS) is 15.0. The molecule has 46 heavy (non-hydrogen) atoms. The van der Waals surface area contributed by atoms with Gasteiger partial charge in [-0.3, -0.25) is 9.59 Å². The number of carbonyl (C=O) groups is 4. The summed E-state index contributed by atoms with van der Waals surface area (Å²) in [5.41, 5.74) is 3.75. The number of nitrogens with one attached hydrogen (secondary N) is 1. The molecule has 3 N–H and O–H groups in total. The fourth-order valence-corrected chi connectivity index (χ4v) is 4.63. The monoisotopic (exact) mass is 657 g/mol. The first-order valence-electron chi connectivity index (χ1n) is 16.9. The largest absolute Gasteiger partial charge is 0.444 e. The van der Waals surface area contributed by atoms with E-state index in [4.69, 9.17) is 24.7 Å². The van der Waals surface area contributed by atoms with Crippen molar-refractivity contribution in [2.45, 2.75) is 120 Å². The molecule has 0 aliphatic carbocycles. The number of carbonyl (C=O) groups excluding carboxylic acids is 4. The van der Waals surface area contributed by atoms with Crippen LogP contribution in [-0.2, 0) is 33.3 Å². The van der Waals surface area contributed by atoms with Crippen LogP contribution in [0, 0.1) is 29.1 Å². The number of primary amides is 1. The van der Waals surface area contributed by atoms with Gasteiger partial charge < -0.3 is 39.7 Å². The first kappa shape index (κ1) is 43.8. The Labute approximate surface area is 279 Å². The van der Waals surface area contributed by atoms with E-state index in [0.29, 0.717) is 78.4 Å². The minimum absolute atomic E-state index is 0.0250. The fraction of sp³-hybridized carbons (Fsp3) is 0.886. The van der Waals surface area contributed by atoms with Crippen molar-refractivity contribution in [3.63, 3.8) is 0 Å². The van der Waals surface area contributed by atoms with Crippen LogP contribution >= 0.6 is 0 Å². The van der Waals surface area contributed by atoms with Crippen LogP contribution in [0.5, 0.6) is 0 Å². The smallest absolute Gasteiger partial charge is 0.410 e. The lowest BCUT2D eigenvalue weighted by Crippen LogP contribution is -2.42. The highest BCUT2D eigenvalue weighted by atomic mass is 16.6. The zero-order valence-electron chi connectivity index (χ0n) is 31.1. The molecule has 4 atom stereocenters. The number of amides is 3. The molecule has 0 aromatic heterocycles. The SMILES string of the molecule is CC(=O)CC(C)COCC(C)CN(CC(C)COCC(C)CC(=O)NCCC(C)(C)OCCC(C)(C)C(N)=O)C(=O)OC(C)(C)C. The van der Waals surface area contributed by atoms with Crippen LogP contribution in [0.1, 0.15) is 109 Å². The summed E-state index contributed by atoms with van der Waals surface area (Å²) in [5.74, 6) is 0.0640. The lowest BCUT2D eigenvalue weighted by Gasteiger charge is -2.31. The Bertz CT molecular complexity index is 931. The quantitative estimate of drug-likeness (QED) is 0.141. The van der Waals surface area contributed by atoms with Crippen LogP contribution in [0.2, 0.25) is 0 Å². The van der Waals surface area contributed by atoms with Crippen molar-refractivity contribution < 1.29 is 38.1 Å². The summed E-state index contributed by atoms with van der Waals surface area (Å²) < 4.78 is 23.4. The van der Waals surface area contributed by atoms with Crippen LogP contribution in [0.25, 0.3) is 0 Å². The molecule has 0 aliphatic rings. The summed E-state index contributed by atoms with van der Waals surface area (Å²) in [7, 11) is 0. The molecule has 11 heteroatoms. The maximum atomic E-state index is 13.0. The number of hydrogen-bond acceptors (Lipinski definition) is 8. The summed E-state index contributed by atoms with van der Waals surface area (Å²) in [6.45, 7) is 26.4. The van der Waals surface area contributed by atoms with Crippen LogP contribution in [0.4, 0.5) is 4.79 Å². The number of ether oxygens (including phenoxy) is 4. The van der Waals surface area contributed by atoms with Crippen molar-refractivity contribution in [1.29, 1.82) is 0 Å². The number of hydrogen-bond donors (Lipinski definition) is 2. The molecule has 4 unspecified atom stereocenters. The van der Waals surface area contributed by atoms with Crippen molar-refractivity contribution in [2.24, 2.45) is 34.8 Å². The van der Waals surface area contributed by atoms with Gasteiger partial charge in [0, 0.05) is 57.7 Å². The summed E-state index contributed by atoms with van der Waals surface area (Å²) >= 11 is 0. The molecule has 0 fully saturated rings. The second kappa shape index (κ2) is 20.9. The maximum absolute atomic E-state index is 13.0. The summed E-state index contributed by atoms with van der Waals surface area (Å²) in [6.07, 6.45) is 1.63. The van der Waals surface area contributed by atoms with Gasteiger partial charge in [0.15, 0.2) is 0 Å². The molecule has 0 saturated heterocycles. The summed E-state index contributed by atoms with van der Waals surface area (Å²) in [5, 5.41) is 2.97. The molecule has 0 saturated carbocycles. The van der Waals surface area contributed by atoms with Crippen molar-refractivity contribution in [2.75, 3.05) is 52.7 Å². The van der Waals surface area contributed by atoms with Crippen molar-refractivity contribution in [3.8, 4) is 0 Å². The van der Waals surface area contributed by atoms with Gasteiger partial charge in [-0.2, -0.15) is 0 Å². The molecule has 0 bridgehead atoms. The third-order valence-electron chi connectivity index (χ3n) is 7.43. The van der Waals surface area contributed by atoms with Gasteiger partial charge >= 0.3 is 6.09 Å². The molecule has 3 amide bonds. The van der Waals surface area contributed by atoms with Crippen LogP contribution in [0.15, 0.2) is 0 Å². The Kier molecular flexibility index (Phi) is 19.9. The topological polar surface area (TPSA) is 146 Å². The number of nitrogens with two attached hydrogens (primary N) is 1. The number of ketones is 1. The molecule has 0 rings (SSSR count). The Morgan fingerprint density at radius 1 is 0.739 bits per heavy atom. The highest BCUT2D eigenvalue weighted by Crippen LogP contribution is 2.22. The Balaban J connectivity index is 4.63. The van der Waals surface area contributed by atoms with E-state index in [-0.39, 0.29) is 47.4 Å². The molecule has 0 aliphatic heterocycles. The van der Waals surface area contributed by atoms with E-state index < -0.39 is 16.6 Å². The standard InChI is InChI=1S/C35H67N3O8/c1-25(17-29(5)39)21-43-23-27(3)19-38(32(42)46-33(6,7)8)20-28(4)24-44-22-26(2)18-30(40)37-15-13-35(11,12)45-16-14-34(9,10)31(36)41/h25-28H,13-24H2,1-12H3,(H2,36,41)(H,37,40). The molecule has 0 aromatic rings. The summed E-state index contributed by atoms with van der Waals surface area (Å²) in [4.78, 5) is 50.1. The fourth-order valence-electron chi connectivity index (χ4n) is 4.63. The van der Waals surface area contributed by atoms with E-state index in [0.717, 1.165) is 0 Å². The van der Waals surface area contributed by atoms with Gasteiger partial charge in [-0.25, -0.2) is 4.79 Å². The number of Topliss-reactive ketones (excluding diaryl/α,β-unsaturated/α-hetero) is 1. The van der Waals surface area contributed by atoms with Crippen molar-refractivity contribution in [3.05, 3.63) is 0 Å². The van der Waals surface area contributed by atoms with E-state index in [1.807, 2.05) is 62.3 Å². The number of nitrogens with zero attached hydrogens (tertiary/aromatic N) is 1. The average molecular weight is 658 g/mol. The van der Waals surface area contributed by atoms with E-state index in [9.17, 15) is 19.2 Å². The highest BCUT2D eigenvalue weighted by Gasteiger charge is 2.27. The molecule has 0 spiro atoms. The molecule has 0 aromatic carbocycles. The van der Waals surface area contributed by atoms with Crippen molar-refractivity contribution >= 4 is 23.7 Å². The first-order valence-corrected chi connectivity index (χ1v) is 16.9. The predicted octanol–water partition coefficient (Wildman–Crippen LogP) is 5.37. The molecule has 11 nitrogen and oxygen atoms in total. The Morgan fingerprint density at radius 3 is 1.67 bits per heavy atom. The Hall–Kier alpha value is -2.24. The van der Waals surface area contributed by atoms with E-state index in [1.54, 1.807) is 25.7 Å². The van der Waals surface area contributed by atoms with Gasteiger partial charge in [0.25, 0.3) is 0 Å². The minimum atomic E-state index is -0.622. The molecular weight excluding hydrogens is 590 g/mol. The van der Waals surface area contributed by atoms with Gasteiger partial charge in [0.2, 0.25) is 11.8 Å². The van der Waals surface area contributed by atoms with Gasteiger partial charge in [-0.15, -0.1) is 0 Å². The van der Waals surface area contributed by atoms with Gasteiger partial charge in [0.1, 0.15) is 11.4 Å². The van der Waals surface area contributed by atoms with Crippen LogP contribution in [-0.4, -0.2) is 92.5 Å². The zero-order chi connectivity index (χ0) is 35.7. The molecule has 270 valence electrons. The summed E-state index contributed by atoms with van der Waals surface area (Å²) in [6, 6.07) is 0. The van der Waals surface area contributed by atoms with Crippen LogP contribution in [0.3, 0.4) is 0 Å². The van der Waals surface area contributed by atoms with Crippen molar-refractivity contribution in [1.82, 2.24) is 10.2 Å². The highest BCUT2D eigenvalue weighted by molar-refractivity contribution is 5.79. The van der Waals surface area contributed by atoms with Gasteiger partial charge in [0.05, 0.1) is 18.8 Å².